The van der Waals surface area contributed by atoms with E-state index in [9.17, 15) is 14.4 Å². The van der Waals surface area contributed by atoms with Crippen molar-refractivity contribution in [1.29, 1.82) is 0 Å². The Morgan fingerprint density at radius 2 is 1.73 bits per heavy atom. The Morgan fingerprint density at radius 3 is 2.43 bits per heavy atom. The van der Waals surface area contributed by atoms with Crippen LogP contribution in [0.25, 0.3) is 6.08 Å². The van der Waals surface area contributed by atoms with Gasteiger partial charge in [0, 0.05) is 5.02 Å². The van der Waals surface area contributed by atoms with Crippen molar-refractivity contribution in [2.24, 2.45) is 0 Å². The van der Waals surface area contributed by atoms with Gasteiger partial charge < -0.3 is 9.47 Å². The summed E-state index contributed by atoms with van der Waals surface area (Å²) in [5, 5.41) is 3.04. The molecule has 4 rings (SSSR count). The van der Waals surface area contributed by atoms with Crippen LogP contribution in [0, 0.1) is 13.8 Å². The van der Waals surface area contributed by atoms with Crippen LogP contribution in [0.5, 0.6) is 11.5 Å². The Hall–Kier alpha value is -3.81. The van der Waals surface area contributed by atoms with E-state index in [1.54, 1.807) is 42.5 Å². The molecule has 9 heteroatoms. The number of nitrogens with one attached hydrogen (secondary N) is 1. The Balaban J connectivity index is 1.67. The monoisotopic (exact) mass is 538 g/mol. The van der Waals surface area contributed by atoms with Crippen molar-refractivity contribution in [3.05, 3.63) is 92.5 Å². The predicted octanol–water partition coefficient (Wildman–Crippen LogP) is 6.25. The van der Waals surface area contributed by atoms with Crippen molar-refractivity contribution < 1.29 is 23.9 Å². The smallest absolute Gasteiger partial charge is 0.335 e. The van der Waals surface area contributed by atoms with Gasteiger partial charge in [0.1, 0.15) is 12.2 Å². The summed E-state index contributed by atoms with van der Waals surface area (Å²) in [5.41, 5.74) is 3.33. The SMILES string of the molecule is CCOc1cc(/C=C2\C(=O)NC(=O)N(c3ccc(C)c(C)c3)C2=O)cc(Cl)c1OCc1cccc(Cl)c1. The predicted molar refractivity (Wildman–Crippen MR) is 143 cm³/mol. The van der Waals surface area contributed by atoms with Gasteiger partial charge in [-0.25, -0.2) is 9.69 Å². The van der Waals surface area contributed by atoms with Gasteiger partial charge in [-0.15, -0.1) is 0 Å². The number of halogens is 2. The summed E-state index contributed by atoms with van der Waals surface area (Å²) in [7, 11) is 0. The van der Waals surface area contributed by atoms with Crippen molar-refractivity contribution >= 4 is 52.8 Å². The molecule has 0 aliphatic carbocycles. The van der Waals surface area contributed by atoms with E-state index < -0.39 is 17.8 Å². The molecule has 4 amide bonds. The first-order valence-electron chi connectivity index (χ1n) is 11.5. The van der Waals surface area contributed by atoms with Crippen molar-refractivity contribution in [2.45, 2.75) is 27.4 Å². The standard InChI is InChI=1S/C28H24Cl2N2O5/c1-4-36-24-14-19(13-23(30)25(24)37-15-18-6-5-7-20(29)11-18)12-22-26(33)31-28(35)32(27(22)34)21-9-8-16(2)17(3)10-21/h5-14H,4,15H2,1-3H3,(H,31,33,35)/b22-12+. The van der Waals surface area contributed by atoms with Gasteiger partial charge in [-0.1, -0.05) is 41.4 Å². The second-order valence-corrected chi connectivity index (χ2v) is 9.25. The van der Waals surface area contributed by atoms with Crippen molar-refractivity contribution in [3.63, 3.8) is 0 Å². The normalized spacial score (nSPS) is 14.7. The van der Waals surface area contributed by atoms with Crippen LogP contribution in [-0.4, -0.2) is 24.5 Å². The van der Waals surface area contributed by atoms with Gasteiger partial charge >= 0.3 is 6.03 Å². The Kier molecular flexibility index (Phi) is 7.86. The number of benzene rings is 3. The highest BCUT2D eigenvalue weighted by atomic mass is 35.5. The molecule has 0 aromatic heterocycles. The first-order chi connectivity index (χ1) is 17.7. The topological polar surface area (TPSA) is 84.9 Å². The lowest BCUT2D eigenvalue weighted by Gasteiger charge is -2.27. The number of imide groups is 2. The summed E-state index contributed by atoms with van der Waals surface area (Å²) in [6.45, 7) is 6.15. The third-order valence-corrected chi connectivity index (χ3v) is 6.28. The van der Waals surface area contributed by atoms with E-state index in [-0.39, 0.29) is 17.2 Å². The number of anilines is 1. The lowest BCUT2D eigenvalue weighted by molar-refractivity contribution is -0.122. The quantitative estimate of drug-likeness (QED) is 0.283. The molecule has 37 heavy (non-hydrogen) atoms. The van der Waals surface area contributed by atoms with E-state index in [1.807, 2.05) is 32.9 Å². The molecule has 0 bridgehead atoms. The summed E-state index contributed by atoms with van der Waals surface area (Å²) in [5.74, 6) is -0.885. The third-order valence-electron chi connectivity index (χ3n) is 5.77. The molecule has 190 valence electrons. The van der Waals surface area contributed by atoms with Crippen LogP contribution in [0.2, 0.25) is 10.0 Å². The molecule has 3 aromatic carbocycles. The van der Waals surface area contributed by atoms with Crippen LogP contribution < -0.4 is 19.7 Å². The summed E-state index contributed by atoms with van der Waals surface area (Å²) < 4.78 is 11.7. The van der Waals surface area contributed by atoms with Gasteiger partial charge in [0.2, 0.25) is 0 Å². The van der Waals surface area contributed by atoms with E-state index in [4.69, 9.17) is 32.7 Å². The molecule has 0 radical (unpaired) electrons. The lowest BCUT2D eigenvalue weighted by Crippen LogP contribution is -2.54. The number of aryl methyl sites for hydroxylation is 2. The van der Waals surface area contributed by atoms with Crippen molar-refractivity contribution in [1.82, 2.24) is 5.32 Å². The summed E-state index contributed by atoms with van der Waals surface area (Å²) >= 11 is 12.6. The molecule has 0 spiro atoms. The number of urea groups is 1. The van der Waals surface area contributed by atoms with Gasteiger partial charge in [0.15, 0.2) is 11.5 Å². The van der Waals surface area contributed by atoms with Crippen molar-refractivity contribution in [3.8, 4) is 11.5 Å². The zero-order valence-electron chi connectivity index (χ0n) is 20.4. The molecule has 1 heterocycles. The summed E-state index contributed by atoms with van der Waals surface area (Å²) in [4.78, 5) is 39.4. The van der Waals surface area contributed by atoms with Crippen molar-refractivity contribution in [2.75, 3.05) is 11.5 Å². The number of rotatable bonds is 7. The maximum atomic E-state index is 13.3. The van der Waals surface area contributed by atoms with Crippen LogP contribution in [0.15, 0.2) is 60.2 Å². The van der Waals surface area contributed by atoms with Gasteiger partial charge in [-0.05, 0) is 85.5 Å². The molecule has 1 fully saturated rings. The lowest BCUT2D eigenvalue weighted by atomic mass is 10.0. The molecule has 1 saturated heterocycles. The highest BCUT2D eigenvalue weighted by molar-refractivity contribution is 6.39. The fourth-order valence-corrected chi connectivity index (χ4v) is 4.27. The minimum atomic E-state index is -0.812. The molecular weight excluding hydrogens is 515 g/mol. The van der Waals surface area contributed by atoms with Crippen LogP contribution in [-0.2, 0) is 16.2 Å². The Morgan fingerprint density at radius 1 is 0.946 bits per heavy atom. The fraction of sp³-hybridized carbons (Fsp3) is 0.179. The number of ether oxygens (including phenoxy) is 2. The highest BCUT2D eigenvalue weighted by Gasteiger charge is 2.37. The number of hydrogen-bond acceptors (Lipinski definition) is 5. The van der Waals surface area contributed by atoms with E-state index >= 15 is 0 Å². The third kappa shape index (κ3) is 5.79. The minimum Gasteiger partial charge on any atom is -0.490 e. The molecule has 3 aromatic rings. The number of carbonyl (C=O) groups excluding carboxylic acids is 3. The molecule has 1 aliphatic rings. The molecule has 1 N–H and O–H groups in total. The summed E-state index contributed by atoms with van der Waals surface area (Å²) in [6, 6.07) is 14.8. The van der Waals surface area contributed by atoms with E-state index in [0.717, 1.165) is 21.6 Å². The van der Waals surface area contributed by atoms with E-state index in [1.165, 1.54) is 6.08 Å². The van der Waals surface area contributed by atoms with Gasteiger partial charge in [-0.2, -0.15) is 0 Å². The molecule has 0 atom stereocenters. The van der Waals surface area contributed by atoms with Crippen LogP contribution in [0.4, 0.5) is 10.5 Å². The second kappa shape index (κ2) is 11.1. The maximum Gasteiger partial charge on any atom is 0.335 e. The average molecular weight is 539 g/mol. The number of carbonyl (C=O) groups is 3. The fourth-order valence-electron chi connectivity index (χ4n) is 3.78. The zero-order valence-corrected chi connectivity index (χ0v) is 21.9. The molecule has 0 saturated carbocycles. The first-order valence-corrected chi connectivity index (χ1v) is 12.3. The number of amides is 4. The maximum absolute atomic E-state index is 13.3. The molecular formula is C28H24Cl2N2O5. The largest absolute Gasteiger partial charge is 0.490 e. The second-order valence-electron chi connectivity index (χ2n) is 8.41. The molecule has 1 aliphatic heterocycles. The van der Waals surface area contributed by atoms with Gasteiger partial charge in [0.25, 0.3) is 11.8 Å². The van der Waals surface area contributed by atoms with E-state index in [2.05, 4.69) is 5.32 Å². The average Bonchev–Trinajstić information content (AvgIpc) is 2.83. The Bertz CT molecular complexity index is 1430. The van der Waals surface area contributed by atoms with Gasteiger partial charge in [0.05, 0.1) is 17.3 Å². The van der Waals surface area contributed by atoms with Gasteiger partial charge in [-0.3, -0.25) is 14.9 Å². The molecule has 0 unspecified atom stereocenters. The molecule has 7 nitrogen and oxygen atoms in total. The van der Waals surface area contributed by atoms with Crippen LogP contribution in [0.1, 0.15) is 29.2 Å². The first kappa shape index (κ1) is 26.3. The minimum absolute atomic E-state index is 0.203. The summed E-state index contributed by atoms with van der Waals surface area (Å²) in [6.07, 6.45) is 1.37. The number of nitrogens with zero attached hydrogens (tertiary/aromatic N) is 1. The number of barbiturate groups is 1. The van der Waals surface area contributed by atoms with E-state index in [0.29, 0.717) is 34.4 Å². The zero-order chi connectivity index (χ0) is 26.7. The number of hydrogen-bond donors (Lipinski definition) is 1. The highest BCUT2D eigenvalue weighted by Crippen LogP contribution is 2.38. The van der Waals surface area contributed by atoms with Crippen LogP contribution in [0.3, 0.4) is 0 Å². The van der Waals surface area contributed by atoms with Crippen LogP contribution >= 0.6 is 23.2 Å². The Labute approximate surface area is 224 Å².